The van der Waals surface area contributed by atoms with E-state index in [-0.39, 0.29) is 17.1 Å². The number of nitro benzene ring substituents is 1. The number of nitrogens with zero attached hydrogens (tertiary/aromatic N) is 1. The standard InChI is InChI=1S/C14H15N3O4S/c15-14(11-4-2-1-3-5-11)10-16-22(20,21)13-8-6-12(7-9-13)17(18)19/h1-9,14,16H,10,15H2/t14-/m1/s1. The Kier molecular flexibility index (Phi) is 4.86. The zero-order valence-electron chi connectivity index (χ0n) is 11.5. The van der Waals surface area contributed by atoms with Crippen LogP contribution >= 0.6 is 0 Å². The van der Waals surface area contributed by atoms with Crippen LogP contribution in [0.25, 0.3) is 0 Å². The molecule has 0 fully saturated rings. The lowest BCUT2D eigenvalue weighted by Crippen LogP contribution is -2.31. The lowest BCUT2D eigenvalue weighted by Gasteiger charge is -2.13. The molecule has 0 aliphatic heterocycles. The Hall–Kier alpha value is -2.29. The zero-order valence-corrected chi connectivity index (χ0v) is 12.4. The molecule has 0 bridgehead atoms. The summed E-state index contributed by atoms with van der Waals surface area (Å²) < 4.78 is 26.6. The number of nitrogens with two attached hydrogens (primary N) is 1. The number of hydrogen-bond donors (Lipinski definition) is 2. The Balaban J connectivity index is 2.06. The maximum Gasteiger partial charge on any atom is 0.269 e. The van der Waals surface area contributed by atoms with Gasteiger partial charge in [-0.3, -0.25) is 10.1 Å². The lowest BCUT2D eigenvalue weighted by molar-refractivity contribution is -0.384. The highest BCUT2D eigenvalue weighted by Crippen LogP contribution is 2.16. The Morgan fingerprint density at radius 2 is 1.68 bits per heavy atom. The lowest BCUT2D eigenvalue weighted by atomic mass is 10.1. The molecule has 0 aromatic heterocycles. The van der Waals surface area contributed by atoms with Gasteiger partial charge < -0.3 is 5.73 Å². The molecule has 0 aliphatic carbocycles. The molecule has 7 nitrogen and oxygen atoms in total. The summed E-state index contributed by atoms with van der Waals surface area (Å²) in [5, 5.41) is 10.6. The molecule has 0 saturated carbocycles. The van der Waals surface area contributed by atoms with Crippen molar-refractivity contribution in [2.24, 2.45) is 5.73 Å². The smallest absolute Gasteiger partial charge is 0.269 e. The molecule has 0 radical (unpaired) electrons. The van der Waals surface area contributed by atoms with Gasteiger partial charge >= 0.3 is 0 Å². The van der Waals surface area contributed by atoms with E-state index in [4.69, 9.17) is 5.73 Å². The van der Waals surface area contributed by atoms with Crippen molar-refractivity contribution in [1.29, 1.82) is 0 Å². The molecule has 3 N–H and O–H groups in total. The summed E-state index contributed by atoms with van der Waals surface area (Å²) in [6.45, 7) is 0.0311. The van der Waals surface area contributed by atoms with Gasteiger partial charge in [-0.1, -0.05) is 30.3 Å². The third-order valence-electron chi connectivity index (χ3n) is 3.08. The van der Waals surface area contributed by atoms with E-state index in [1.165, 1.54) is 12.1 Å². The molecule has 2 rings (SSSR count). The van der Waals surface area contributed by atoms with E-state index in [2.05, 4.69) is 4.72 Å². The van der Waals surface area contributed by atoms with Crippen molar-refractivity contribution in [1.82, 2.24) is 4.72 Å². The van der Waals surface area contributed by atoms with Crippen molar-refractivity contribution in [3.8, 4) is 0 Å². The number of nitrogens with one attached hydrogen (secondary N) is 1. The van der Waals surface area contributed by atoms with Gasteiger partial charge in [0.2, 0.25) is 10.0 Å². The quantitative estimate of drug-likeness (QED) is 0.619. The largest absolute Gasteiger partial charge is 0.323 e. The van der Waals surface area contributed by atoms with Gasteiger partial charge in [-0.15, -0.1) is 0 Å². The first kappa shape index (κ1) is 16.1. The van der Waals surface area contributed by atoms with Crippen LogP contribution in [0.4, 0.5) is 5.69 Å². The highest BCUT2D eigenvalue weighted by Gasteiger charge is 2.17. The van der Waals surface area contributed by atoms with Gasteiger partial charge in [-0.05, 0) is 17.7 Å². The summed E-state index contributed by atoms with van der Waals surface area (Å²) in [6, 6.07) is 13.3. The van der Waals surface area contributed by atoms with E-state index in [1.807, 2.05) is 30.3 Å². The summed E-state index contributed by atoms with van der Waals surface area (Å²) in [5.41, 5.74) is 6.57. The highest BCUT2D eigenvalue weighted by molar-refractivity contribution is 7.89. The highest BCUT2D eigenvalue weighted by atomic mass is 32.2. The van der Waals surface area contributed by atoms with Crippen molar-refractivity contribution in [3.05, 3.63) is 70.3 Å². The fourth-order valence-corrected chi connectivity index (χ4v) is 2.91. The van der Waals surface area contributed by atoms with E-state index in [9.17, 15) is 18.5 Å². The SMILES string of the molecule is N[C@H](CNS(=O)(=O)c1ccc([N+](=O)[O-])cc1)c1ccccc1. The number of hydrogen-bond acceptors (Lipinski definition) is 5. The van der Waals surface area contributed by atoms with Crippen LogP contribution in [-0.2, 0) is 10.0 Å². The average Bonchev–Trinajstić information content (AvgIpc) is 2.53. The molecule has 0 spiro atoms. The fourth-order valence-electron chi connectivity index (χ4n) is 1.85. The minimum Gasteiger partial charge on any atom is -0.323 e. The molecule has 2 aromatic rings. The number of rotatable bonds is 6. The second-order valence-electron chi connectivity index (χ2n) is 4.62. The Morgan fingerprint density at radius 1 is 1.09 bits per heavy atom. The first-order chi connectivity index (χ1) is 10.4. The van der Waals surface area contributed by atoms with Gasteiger partial charge in [-0.25, -0.2) is 13.1 Å². The molecule has 1 atom stereocenters. The van der Waals surface area contributed by atoms with Gasteiger partial charge in [-0.2, -0.15) is 0 Å². The molecule has 0 amide bonds. The summed E-state index contributed by atoms with van der Waals surface area (Å²) >= 11 is 0. The Morgan fingerprint density at radius 3 is 2.23 bits per heavy atom. The first-order valence-electron chi connectivity index (χ1n) is 6.45. The molecule has 0 aliphatic rings. The topological polar surface area (TPSA) is 115 Å². The third-order valence-corrected chi connectivity index (χ3v) is 4.52. The van der Waals surface area contributed by atoms with E-state index in [1.54, 1.807) is 0 Å². The van der Waals surface area contributed by atoms with Crippen molar-refractivity contribution in [2.45, 2.75) is 10.9 Å². The molecule has 8 heteroatoms. The van der Waals surface area contributed by atoms with Crippen LogP contribution in [0, 0.1) is 10.1 Å². The van der Waals surface area contributed by atoms with Crippen LogP contribution in [0.15, 0.2) is 59.5 Å². The van der Waals surface area contributed by atoms with Crippen LogP contribution < -0.4 is 10.5 Å². The third kappa shape index (κ3) is 3.88. The molecule has 2 aromatic carbocycles. The molecular weight excluding hydrogens is 306 g/mol. The molecule has 22 heavy (non-hydrogen) atoms. The van der Waals surface area contributed by atoms with Crippen LogP contribution in [0.1, 0.15) is 11.6 Å². The predicted octanol–water partition coefficient (Wildman–Crippen LogP) is 1.57. The minimum absolute atomic E-state index is 0.0311. The normalized spacial score (nSPS) is 12.8. The monoisotopic (exact) mass is 321 g/mol. The number of non-ortho nitro benzene ring substituents is 1. The maximum absolute atomic E-state index is 12.1. The molecule has 0 heterocycles. The van der Waals surface area contributed by atoms with Crippen LogP contribution in [0.5, 0.6) is 0 Å². The van der Waals surface area contributed by atoms with E-state index < -0.39 is 21.0 Å². The fraction of sp³-hybridized carbons (Fsp3) is 0.143. The van der Waals surface area contributed by atoms with Crippen LogP contribution in [0.2, 0.25) is 0 Å². The van der Waals surface area contributed by atoms with Gasteiger partial charge in [0.1, 0.15) is 0 Å². The summed E-state index contributed by atoms with van der Waals surface area (Å²) in [6.07, 6.45) is 0. The van der Waals surface area contributed by atoms with Crippen molar-refractivity contribution >= 4 is 15.7 Å². The number of benzene rings is 2. The Bertz CT molecular complexity index is 745. The summed E-state index contributed by atoms with van der Waals surface area (Å²) in [5.74, 6) is 0. The summed E-state index contributed by atoms with van der Waals surface area (Å²) in [7, 11) is -3.76. The van der Waals surface area contributed by atoms with Gasteiger partial charge in [0.25, 0.3) is 5.69 Å². The van der Waals surface area contributed by atoms with Crippen molar-refractivity contribution in [2.75, 3.05) is 6.54 Å². The summed E-state index contributed by atoms with van der Waals surface area (Å²) in [4.78, 5) is 9.93. The van der Waals surface area contributed by atoms with E-state index in [0.29, 0.717) is 0 Å². The van der Waals surface area contributed by atoms with Crippen molar-refractivity contribution < 1.29 is 13.3 Å². The van der Waals surface area contributed by atoms with Gasteiger partial charge in [0.05, 0.1) is 9.82 Å². The maximum atomic E-state index is 12.1. The van der Waals surface area contributed by atoms with E-state index in [0.717, 1.165) is 17.7 Å². The molecule has 0 unspecified atom stereocenters. The predicted molar refractivity (Wildman–Crippen MR) is 81.7 cm³/mol. The second kappa shape index (κ2) is 6.65. The number of nitro groups is 1. The second-order valence-corrected chi connectivity index (χ2v) is 6.39. The van der Waals surface area contributed by atoms with Crippen LogP contribution in [-0.4, -0.2) is 19.9 Å². The minimum atomic E-state index is -3.76. The van der Waals surface area contributed by atoms with Gasteiger partial charge in [0, 0.05) is 24.7 Å². The number of sulfonamides is 1. The average molecular weight is 321 g/mol. The zero-order chi connectivity index (χ0) is 16.2. The van der Waals surface area contributed by atoms with Crippen molar-refractivity contribution in [3.63, 3.8) is 0 Å². The van der Waals surface area contributed by atoms with E-state index >= 15 is 0 Å². The molecule has 0 saturated heterocycles. The molecular formula is C14H15N3O4S. The van der Waals surface area contributed by atoms with Crippen LogP contribution in [0.3, 0.4) is 0 Å². The Labute approximate surface area is 128 Å². The first-order valence-corrected chi connectivity index (χ1v) is 7.93. The van der Waals surface area contributed by atoms with Gasteiger partial charge in [0.15, 0.2) is 0 Å². The molecule has 116 valence electrons.